The Morgan fingerprint density at radius 1 is 1.21 bits per heavy atom. The standard InChI is InChI=1S/C15H19N3S/c1-11-5-6-12(2)13(9-11)14(16-3)10-19-15-17-7-4-8-18-15/h4-9,14,16H,10H2,1-3H3. The summed E-state index contributed by atoms with van der Waals surface area (Å²) in [7, 11) is 2.00. The monoisotopic (exact) mass is 273 g/mol. The largest absolute Gasteiger partial charge is 0.312 e. The van der Waals surface area contributed by atoms with Crippen molar-refractivity contribution in [1.29, 1.82) is 0 Å². The summed E-state index contributed by atoms with van der Waals surface area (Å²) in [4.78, 5) is 8.49. The van der Waals surface area contributed by atoms with E-state index in [0.29, 0.717) is 6.04 Å². The maximum Gasteiger partial charge on any atom is 0.187 e. The SMILES string of the molecule is CNC(CSc1ncccn1)c1cc(C)ccc1C. The first kappa shape index (κ1) is 14.0. The van der Waals surface area contributed by atoms with E-state index in [1.807, 2.05) is 13.1 Å². The highest BCUT2D eigenvalue weighted by Crippen LogP contribution is 2.24. The highest BCUT2D eigenvalue weighted by atomic mass is 32.2. The summed E-state index contributed by atoms with van der Waals surface area (Å²) in [5.41, 5.74) is 3.97. The second-order valence-corrected chi connectivity index (χ2v) is 5.53. The molecule has 3 nitrogen and oxygen atoms in total. The van der Waals surface area contributed by atoms with Crippen LogP contribution in [0, 0.1) is 13.8 Å². The van der Waals surface area contributed by atoms with Crippen LogP contribution in [-0.4, -0.2) is 22.8 Å². The van der Waals surface area contributed by atoms with Crippen molar-refractivity contribution >= 4 is 11.8 Å². The predicted octanol–water partition coefficient (Wildman–Crippen LogP) is 3.15. The van der Waals surface area contributed by atoms with E-state index >= 15 is 0 Å². The quantitative estimate of drug-likeness (QED) is 0.671. The molecule has 1 N–H and O–H groups in total. The molecule has 1 atom stereocenters. The van der Waals surface area contributed by atoms with E-state index in [4.69, 9.17) is 0 Å². The van der Waals surface area contributed by atoms with Crippen LogP contribution in [0.15, 0.2) is 41.8 Å². The minimum absolute atomic E-state index is 0.314. The smallest absolute Gasteiger partial charge is 0.187 e. The molecule has 0 aliphatic heterocycles. The summed E-state index contributed by atoms with van der Waals surface area (Å²) >= 11 is 1.68. The Bertz CT molecular complexity index is 528. The van der Waals surface area contributed by atoms with Crippen LogP contribution in [0.5, 0.6) is 0 Å². The lowest BCUT2D eigenvalue weighted by molar-refractivity contribution is 0.656. The second kappa shape index (κ2) is 6.68. The molecule has 0 spiro atoms. The first-order chi connectivity index (χ1) is 9.20. The molecule has 0 aliphatic carbocycles. The topological polar surface area (TPSA) is 37.8 Å². The van der Waals surface area contributed by atoms with Gasteiger partial charge in [0.2, 0.25) is 0 Å². The predicted molar refractivity (Wildman–Crippen MR) is 80.5 cm³/mol. The van der Waals surface area contributed by atoms with Gasteiger partial charge in [0, 0.05) is 24.2 Å². The van der Waals surface area contributed by atoms with Gasteiger partial charge in [0.15, 0.2) is 5.16 Å². The summed E-state index contributed by atoms with van der Waals surface area (Å²) in [6.45, 7) is 4.28. The molecule has 19 heavy (non-hydrogen) atoms. The van der Waals surface area contributed by atoms with Crippen molar-refractivity contribution in [3.8, 4) is 0 Å². The van der Waals surface area contributed by atoms with Crippen LogP contribution < -0.4 is 5.32 Å². The van der Waals surface area contributed by atoms with Gasteiger partial charge < -0.3 is 5.32 Å². The van der Waals surface area contributed by atoms with Gasteiger partial charge in [0.05, 0.1) is 0 Å². The van der Waals surface area contributed by atoms with Gasteiger partial charge in [-0.3, -0.25) is 0 Å². The number of aryl methyl sites for hydroxylation is 2. The molecule has 1 aromatic carbocycles. The first-order valence-electron chi connectivity index (χ1n) is 6.35. The zero-order chi connectivity index (χ0) is 13.7. The number of benzene rings is 1. The molecule has 0 aliphatic rings. The summed E-state index contributed by atoms with van der Waals surface area (Å²) in [5.74, 6) is 0.921. The van der Waals surface area contributed by atoms with Crippen LogP contribution in [0.4, 0.5) is 0 Å². The fourth-order valence-corrected chi connectivity index (χ4v) is 2.91. The molecule has 1 unspecified atom stereocenters. The second-order valence-electron chi connectivity index (χ2n) is 4.54. The number of rotatable bonds is 5. The molecule has 1 aromatic heterocycles. The van der Waals surface area contributed by atoms with E-state index in [1.54, 1.807) is 24.2 Å². The molecule has 2 aromatic rings. The Morgan fingerprint density at radius 2 is 1.95 bits per heavy atom. The average Bonchev–Trinajstić information content (AvgIpc) is 2.44. The van der Waals surface area contributed by atoms with Gasteiger partial charge in [-0.15, -0.1) is 0 Å². The van der Waals surface area contributed by atoms with Gasteiger partial charge in [0.25, 0.3) is 0 Å². The van der Waals surface area contributed by atoms with Crippen molar-refractivity contribution in [1.82, 2.24) is 15.3 Å². The number of nitrogens with zero attached hydrogens (tertiary/aromatic N) is 2. The molecule has 0 saturated carbocycles. The highest BCUT2D eigenvalue weighted by Gasteiger charge is 2.13. The molecule has 0 saturated heterocycles. The number of thioether (sulfide) groups is 1. The summed E-state index contributed by atoms with van der Waals surface area (Å²) in [5, 5.41) is 4.21. The van der Waals surface area contributed by atoms with Crippen molar-refractivity contribution in [2.45, 2.75) is 25.0 Å². The Balaban J connectivity index is 2.10. The van der Waals surface area contributed by atoms with Gasteiger partial charge in [-0.25, -0.2) is 9.97 Å². The lowest BCUT2D eigenvalue weighted by atomic mass is 10.0. The van der Waals surface area contributed by atoms with Gasteiger partial charge >= 0.3 is 0 Å². The zero-order valence-electron chi connectivity index (χ0n) is 11.6. The van der Waals surface area contributed by atoms with Crippen molar-refractivity contribution in [3.63, 3.8) is 0 Å². The van der Waals surface area contributed by atoms with Crippen molar-refractivity contribution in [3.05, 3.63) is 53.3 Å². The van der Waals surface area contributed by atoms with Crippen molar-refractivity contribution < 1.29 is 0 Å². The minimum Gasteiger partial charge on any atom is -0.312 e. The number of aromatic nitrogens is 2. The lowest BCUT2D eigenvalue weighted by Gasteiger charge is -2.18. The van der Waals surface area contributed by atoms with E-state index in [9.17, 15) is 0 Å². The molecular formula is C15H19N3S. The van der Waals surface area contributed by atoms with Gasteiger partial charge in [0.1, 0.15) is 0 Å². The summed E-state index contributed by atoms with van der Waals surface area (Å²) < 4.78 is 0. The molecule has 100 valence electrons. The Kier molecular flexibility index (Phi) is 4.93. The third kappa shape index (κ3) is 3.78. The average molecular weight is 273 g/mol. The highest BCUT2D eigenvalue weighted by molar-refractivity contribution is 7.99. The summed E-state index contributed by atoms with van der Waals surface area (Å²) in [6, 6.07) is 8.74. The third-order valence-corrected chi connectivity index (χ3v) is 4.05. The molecule has 0 fully saturated rings. The van der Waals surface area contributed by atoms with Gasteiger partial charge in [-0.2, -0.15) is 0 Å². The molecular weight excluding hydrogens is 254 g/mol. The molecule has 0 bridgehead atoms. The normalized spacial score (nSPS) is 12.4. The van der Waals surface area contributed by atoms with Crippen LogP contribution in [0.25, 0.3) is 0 Å². The molecule has 0 amide bonds. The van der Waals surface area contributed by atoms with Crippen molar-refractivity contribution in [2.75, 3.05) is 12.8 Å². The number of nitrogens with one attached hydrogen (secondary N) is 1. The Hall–Kier alpha value is -1.39. The van der Waals surface area contributed by atoms with E-state index < -0.39 is 0 Å². The minimum atomic E-state index is 0.314. The van der Waals surface area contributed by atoms with Crippen LogP contribution in [0.3, 0.4) is 0 Å². The molecule has 0 radical (unpaired) electrons. The van der Waals surface area contributed by atoms with E-state index in [2.05, 4.69) is 47.3 Å². The molecule has 4 heteroatoms. The van der Waals surface area contributed by atoms with Gasteiger partial charge in [-0.1, -0.05) is 35.5 Å². The van der Waals surface area contributed by atoms with Crippen molar-refractivity contribution in [2.24, 2.45) is 0 Å². The van der Waals surface area contributed by atoms with E-state index in [0.717, 1.165) is 10.9 Å². The van der Waals surface area contributed by atoms with E-state index in [1.165, 1.54) is 16.7 Å². The van der Waals surface area contributed by atoms with E-state index in [-0.39, 0.29) is 0 Å². The Morgan fingerprint density at radius 3 is 2.63 bits per heavy atom. The van der Waals surface area contributed by atoms with Crippen LogP contribution in [0.2, 0.25) is 0 Å². The third-order valence-electron chi connectivity index (χ3n) is 3.08. The fraction of sp³-hybridized carbons (Fsp3) is 0.333. The number of hydrogen-bond donors (Lipinski definition) is 1. The first-order valence-corrected chi connectivity index (χ1v) is 7.33. The molecule has 2 rings (SSSR count). The Labute approximate surface area is 118 Å². The summed E-state index contributed by atoms with van der Waals surface area (Å²) in [6.07, 6.45) is 3.56. The fourth-order valence-electron chi connectivity index (χ4n) is 1.98. The number of hydrogen-bond acceptors (Lipinski definition) is 4. The van der Waals surface area contributed by atoms with Gasteiger partial charge in [-0.05, 0) is 38.1 Å². The van der Waals surface area contributed by atoms with Crippen LogP contribution >= 0.6 is 11.8 Å². The zero-order valence-corrected chi connectivity index (χ0v) is 12.4. The maximum absolute atomic E-state index is 4.24. The lowest BCUT2D eigenvalue weighted by Crippen LogP contribution is -2.20. The maximum atomic E-state index is 4.24. The van der Waals surface area contributed by atoms with Crippen LogP contribution in [-0.2, 0) is 0 Å². The molecule has 1 heterocycles. The van der Waals surface area contributed by atoms with Crippen LogP contribution in [0.1, 0.15) is 22.7 Å².